The van der Waals surface area contributed by atoms with Crippen molar-refractivity contribution in [2.24, 2.45) is 0 Å². The quantitative estimate of drug-likeness (QED) is 0.711. The summed E-state index contributed by atoms with van der Waals surface area (Å²) >= 11 is 0. The Hall–Kier alpha value is -3.26. The van der Waals surface area contributed by atoms with Crippen LogP contribution in [0, 0.1) is 6.92 Å². The summed E-state index contributed by atoms with van der Waals surface area (Å²) in [6.45, 7) is 8.08. The summed E-state index contributed by atoms with van der Waals surface area (Å²) in [5, 5.41) is 7.46. The molecule has 0 aliphatic carbocycles. The Morgan fingerprint density at radius 2 is 1.83 bits per heavy atom. The van der Waals surface area contributed by atoms with E-state index in [1.165, 1.54) is 0 Å². The molecule has 1 fully saturated rings. The van der Waals surface area contributed by atoms with Crippen LogP contribution in [0.2, 0.25) is 0 Å². The molecule has 0 atom stereocenters. The minimum atomic E-state index is -0.275. The molecule has 1 aliphatic rings. The van der Waals surface area contributed by atoms with Crippen molar-refractivity contribution < 1.29 is 18.8 Å². The lowest BCUT2D eigenvalue weighted by molar-refractivity contribution is 0.0303. The number of carbonyl (C=O) groups excluding carboxylic acids is 2. The first-order valence-electron chi connectivity index (χ1n) is 9.99. The van der Waals surface area contributed by atoms with Gasteiger partial charge in [-0.15, -0.1) is 0 Å². The molecule has 0 radical (unpaired) electrons. The summed E-state index contributed by atoms with van der Waals surface area (Å²) in [4.78, 5) is 31.8. The first kappa shape index (κ1) is 20.0. The van der Waals surface area contributed by atoms with Gasteiger partial charge in [-0.1, -0.05) is 19.0 Å². The molecule has 1 aromatic carbocycles. The second kappa shape index (κ2) is 8.23. The molecule has 3 aromatic rings. The summed E-state index contributed by atoms with van der Waals surface area (Å²) in [5.41, 5.74) is 3.38. The van der Waals surface area contributed by atoms with E-state index in [1.807, 2.05) is 13.8 Å². The summed E-state index contributed by atoms with van der Waals surface area (Å²) in [6.07, 6.45) is 0. The summed E-state index contributed by atoms with van der Waals surface area (Å²) in [7, 11) is 0. The van der Waals surface area contributed by atoms with Gasteiger partial charge in [-0.2, -0.15) is 0 Å². The maximum Gasteiger partial charge on any atom is 0.259 e. The number of nitrogens with zero attached hydrogens (tertiary/aromatic N) is 3. The SMILES string of the molecule is Cc1noc2nc(C(C)C)cc(C(=O)Nc3ccc(C(=O)N4CCOCC4)cc3)c12. The molecule has 8 nitrogen and oxygen atoms in total. The summed E-state index contributed by atoms with van der Waals surface area (Å²) in [5.74, 6) is -0.173. The average molecular weight is 408 g/mol. The number of pyridine rings is 1. The van der Waals surface area contributed by atoms with E-state index in [-0.39, 0.29) is 17.7 Å². The Bertz CT molecular complexity index is 1080. The first-order valence-corrected chi connectivity index (χ1v) is 9.99. The Morgan fingerprint density at radius 3 is 2.50 bits per heavy atom. The number of hydrogen-bond donors (Lipinski definition) is 1. The summed E-state index contributed by atoms with van der Waals surface area (Å²) < 4.78 is 10.6. The van der Waals surface area contributed by atoms with E-state index >= 15 is 0 Å². The smallest absolute Gasteiger partial charge is 0.259 e. The van der Waals surface area contributed by atoms with Crippen molar-refractivity contribution in [3.8, 4) is 0 Å². The molecular weight excluding hydrogens is 384 g/mol. The lowest BCUT2D eigenvalue weighted by Gasteiger charge is -2.26. The number of amides is 2. The monoisotopic (exact) mass is 408 g/mol. The maximum absolute atomic E-state index is 13.0. The number of hydrogen-bond acceptors (Lipinski definition) is 6. The molecule has 0 unspecified atom stereocenters. The van der Waals surface area contributed by atoms with Crippen LogP contribution in [0.1, 0.15) is 51.9 Å². The van der Waals surface area contributed by atoms with Gasteiger partial charge in [-0.3, -0.25) is 9.59 Å². The molecule has 8 heteroatoms. The minimum absolute atomic E-state index is 0.0336. The van der Waals surface area contributed by atoms with Crippen molar-refractivity contribution in [1.29, 1.82) is 0 Å². The molecule has 0 saturated carbocycles. The Labute approximate surface area is 174 Å². The van der Waals surface area contributed by atoms with Crippen LogP contribution in [0.15, 0.2) is 34.9 Å². The Morgan fingerprint density at radius 1 is 1.13 bits per heavy atom. The third-order valence-electron chi connectivity index (χ3n) is 5.16. The number of nitrogens with one attached hydrogen (secondary N) is 1. The molecule has 3 heterocycles. The van der Waals surface area contributed by atoms with E-state index in [2.05, 4.69) is 15.5 Å². The van der Waals surface area contributed by atoms with Crippen LogP contribution in [0.25, 0.3) is 11.1 Å². The van der Waals surface area contributed by atoms with Gasteiger partial charge >= 0.3 is 0 Å². The maximum atomic E-state index is 13.0. The molecule has 2 amide bonds. The predicted octanol–water partition coefficient (Wildman–Crippen LogP) is 3.38. The van der Waals surface area contributed by atoms with Crippen LogP contribution in [-0.2, 0) is 4.74 Å². The van der Waals surface area contributed by atoms with E-state index in [0.29, 0.717) is 59.9 Å². The average Bonchev–Trinajstić information content (AvgIpc) is 3.14. The van der Waals surface area contributed by atoms with Crippen LogP contribution in [0.3, 0.4) is 0 Å². The van der Waals surface area contributed by atoms with Gasteiger partial charge in [0.2, 0.25) is 0 Å². The lowest BCUT2D eigenvalue weighted by atomic mass is 10.0. The predicted molar refractivity (Wildman–Crippen MR) is 112 cm³/mol. The van der Waals surface area contributed by atoms with Crippen molar-refractivity contribution in [2.75, 3.05) is 31.6 Å². The molecule has 0 bridgehead atoms. The zero-order valence-corrected chi connectivity index (χ0v) is 17.3. The van der Waals surface area contributed by atoms with Gasteiger partial charge in [0.15, 0.2) is 0 Å². The van der Waals surface area contributed by atoms with Crippen LogP contribution in [-0.4, -0.2) is 53.2 Å². The molecular formula is C22H24N4O4. The number of aryl methyl sites for hydroxylation is 1. The van der Waals surface area contributed by atoms with Gasteiger partial charge in [-0.25, -0.2) is 4.98 Å². The van der Waals surface area contributed by atoms with Gasteiger partial charge in [-0.05, 0) is 43.2 Å². The molecule has 0 spiro atoms. The van der Waals surface area contributed by atoms with Gasteiger partial charge in [0.1, 0.15) is 0 Å². The highest BCUT2D eigenvalue weighted by Crippen LogP contribution is 2.26. The third-order valence-corrected chi connectivity index (χ3v) is 5.16. The second-order valence-electron chi connectivity index (χ2n) is 7.63. The van der Waals surface area contributed by atoms with E-state index in [1.54, 1.807) is 42.2 Å². The third kappa shape index (κ3) is 3.91. The number of ether oxygens (including phenoxy) is 1. The fourth-order valence-electron chi connectivity index (χ4n) is 3.43. The van der Waals surface area contributed by atoms with Crippen LogP contribution in [0.5, 0.6) is 0 Å². The Balaban J connectivity index is 1.55. The van der Waals surface area contributed by atoms with Crippen molar-refractivity contribution in [2.45, 2.75) is 26.7 Å². The number of aromatic nitrogens is 2. The van der Waals surface area contributed by atoms with E-state index in [4.69, 9.17) is 9.26 Å². The number of benzene rings is 1. The van der Waals surface area contributed by atoms with Gasteiger partial charge in [0.05, 0.1) is 29.9 Å². The largest absolute Gasteiger partial charge is 0.378 e. The van der Waals surface area contributed by atoms with E-state index in [9.17, 15) is 9.59 Å². The molecule has 4 rings (SSSR count). The fraction of sp³-hybridized carbons (Fsp3) is 0.364. The van der Waals surface area contributed by atoms with E-state index < -0.39 is 0 Å². The van der Waals surface area contributed by atoms with Gasteiger partial charge in [0.25, 0.3) is 17.5 Å². The topological polar surface area (TPSA) is 97.6 Å². The number of carbonyl (C=O) groups is 2. The molecule has 1 saturated heterocycles. The highest BCUT2D eigenvalue weighted by atomic mass is 16.5. The fourth-order valence-corrected chi connectivity index (χ4v) is 3.43. The van der Waals surface area contributed by atoms with E-state index in [0.717, 1.165) is 5.69 Å². The van der Waals surface area contributed by atoms with Crippen molar-refractivity contribution >= 4 is 28.6 Å². The molecule has 156 valence electrons. The van der Waals surface area contributed by atoms with Crippen LogP contribution in [0.4, 0.5) is 5.69 Å². The Kier molecular flexibility index (Phi) is 5.50. The minimum Gasteiger partial charge on any atom is -0.378 e. The molecule has 1 aliphatic heterocycles. The zero-order chi connectivity index (χ0) is 21.3. The molecule has 2 aromatic heterocycles. The van der Waals surface area contributed by atoms with Crippen LogP contribution < -0.4 is 5.32 Å². The first-order chi connectivity index (χ1) is 14.4. The molecule has 1 N–H and O–H groups in total. The second-order valence-corrected chi connectivity index (χ2v) is 7.63. The van der Waals surface area contributed by atoms with Gasteiger partial charge < -0.3 is 19.5 Å². The van der Waals surface area contributed by atoms with Crippen molar-refractivity contribution in [1.82, 2.24) is 15.0 Å². The summed E-state index contributed by atoms with van der Waals surface area (Å²) in [6, 6.07) is 8.68. The highest BCUT2D eigenvalue weighted by Gasteiger charge is 2.21. The van der Waals surface area contributed by atoms with Gasteiger partial charge in [0, 0.05) is 30.0 Å². The van der Waals surface area contributed by atoms with Crippen molar-refractivity contribution in [3.63, 3.8) is 0 Å². The molecule has 30 heavy (non-hydrogen) atoms. The number of fused-ring (bicyclic) bond motifs is 1. The van der Waals surface area contributed by atoms with Crippen LogP contribution >= 0.6 is 0 Å². The van der Waals surface area contributed by atoms with Crippen molar-refractivity contribution in [3.05, 3.63) is 52.8 Å². The number of rotatable bonds is 4. The zero-order valence-electron chi connectivity index (χ0n) is 17.3. The number of anilines is 1. The number of morpholine rings is 1. The lowest BCUT2D eigenvalue weighted by Crippen LogP contribution is -2.40. The normalized spacial score (nSPS) is 14.3. The standard InChI is InChI=1S/C22H24N4O4/c1-13(2)18-12-17(19-14(3)25-30-21(19)24-18)20(27)23-16-6-4-15(5-7-16)22(28)26-8-10-29-11-9-26/h4-7,12-13H,8-11H2,1-3H3,(H,23,27). The highest BCUT2D eigenvalue weighted by molar-refractivity contribution is 6.12.